The van der Waals surface area contributed by atoms with Crippen LogP contribution in [0.15, 0.2) is 48.5 Å². The standard InChI is InChI=1S/C26H33ClN2O4/c1-26(2,3)33-25(31)29-16-14-28(15-17-29)23-13-12-20(18-22(23)27)10-7-11-24(30)32-19-21-8-5-4-6-9-21/h4-6,8-9,12-13,18H,7,10-11,14-17,19H2,1-3H3. The van der Waals surface area contributed by atoms with Crippen LogP contribution in [0.5, 0.6) is 0 Å². The van der Waals surface area contributed by atoms with Gasteiger partial charge < -0.3 is 19.3 Å². The predicted molar refractivity (Wildman–Crippen MR) is 131 cm³/mol. The highest BCUT2D eigenvalue weighted by atomic mass is 35.5. The molecule has 0 saturated carbocycles. The Hall–Kier alpha value is -2.73. The fourth-order valence-corrected chi connectivity index (χ4v) is 3.99. The molecule has 33 heavy (non-hydrogen) atoms. The number of aryl methyl sites for hydroxylation is 1. The molecule has 1 amide bonds. The van der Waals surface area contributed by atoms with Crippen molar-refractivity contribution < 1.29 is 19.1 Å². The lowest BCUT2D eigenvalue weighted by Gasteiger charge is -2.37. The molecule has 178 valence electrons. The summed E-state index contributed by atoms with van der Waals surface area (Å²) in [5, 5.41) is 0.685. The van der Waals surface area contributed by atoms with Gasteiger partial charge in [0.25, 0.3) is 0 Å². The molecule has 6 nitrogen and oxygen atoms in total. The zero-order valence-electron chi connectivity index (χ0n) is 19.7. The van der Waals surface area contributed by atoms with E-state index in [0.29, 0.717) is 50.7 Å². The highest BCUT2D eigenvalue weighted by molar-refractivity contribution is 6.33. The van der Waals surface area contributed by atoms with Gasteiger partial charge in [0.15, 0.2) is 0 Å². The molecule has 0 N–H and O–H groups in total. The van der Waals surface area contributed by atoms with Crippen molar-refractivity contribution in [2.45, 2.75) is 52.2 Å². The first-order valence-electron chi connectivity index (χ1n) is 11.4. The van der Waals surface area contributed by atoms with Crippen LogP contribution in [-0.2, 0) is 27.3 Å². The summed E-state index contributed by atoms with van der Waals surface area (Å²) in [5.41, 5.74) is 2.55. The maximum Gasteiger partial charge on any atom is 0.410 e. The second kappa shape index (κ2) is 11.4. The van der Waals surface area contributed by atoms with E-state index in [-0.39, 0.29) is 12.1 Å². The zero-order valence-corrected chi connectivity index (χ0v) is 20.4. The first-order valence-corrected chi connectivity index (χ1v) is 11.8. The van der Waals surface area contributed by atoms with Crippen LogP contribution in [0.4, 0.5) is 10.5 Å². The zero-order chi connectivity index (χ0) is 23.8. The monoisotopic (exact) mass is 472 g/mol. The van der Waals surface area contributed by atoms with E-state index >= 15 is 0 Å². The summed E-state index contributed by atoms with van der Waals surface area (Å²) in [5.74, 6) is -0.190. The molecule has 1 saturated heterocycles. The Morgan fingerprint density at radius 3 is 2.30 bits per heavy atom. The number of halogens is 1. The van der Waals surface area contributed by atoms with E-state index in [4.69, 9.17) is 21.1 Å². The Morgan fingerprint density at radius 2 is 1.67 bits per heavy atom. The third kappa shape index (κ3) is 7.97. The molecule has 0 aliphatic carbocycles. The summed E-state index contributed by atoms with van der Waals surface area (Å²) in [6.45, 7) is 8.51. The predicted octanol–water partition coefficient (Wildman–Crippen LogP) is 5.46. The number of piperazine rings is 1. The van der Waals surface area contributed by atoms with E-state index in [1.54, 1.807) is 4.90 Å². The maximum atomic E-state index is 12.3. The summed E-state index contributed by atoms with van der Waals surface area (Å²) in [7, 11) is 0. The fraction of sp³-hybridized carbons (Fsp3) is 0.462. The molecule has 1 aliphatic rings. The van der Waals surface area contributed by atoms with Crippen molar-refractivity contribution in [3.63, 3.8) is 0 Å². The summed E-state index contributed by atoms with van der Waals surface area (Å²) in [4.78, 5) is 28.2. The topological polar surface area (TPSA) is 59.1 Å². The molecule has 1 aliphatic heterocycles. The number of hydrogen-bond acceptors (Lipinski definition) is 5. The summed E-state index contributed by atoms with van der Waals surface area (Å²) in [6.07, 6.45) is 1.56. The van der Waals surface area contributed by atoms with Gasteiger partial charge in [0.05, 0.1) is 10.7 Å². The molecule has 0 unspecified atom stereocenters. The van der Waals surface area contributed by atoms with Crippen molar-refractivity contribution >= 4 is 29.4 Å². The quantitative estimate of drug-likeness (QED) is 0.500. The second-order valence-electron chi connectivity index (χ2n) is 9.24. The van der Waals surface area contributed by atoms with Gasteiger partial charge in [0.1, 0.15) is 12.2 Å². The number of anilines is 1. The number of carbonyl (C=O) groups excluding carboxylic acids is 2. The Balaban J connectivity index is 1.42. The maximum absolute atomic E-state index is 12.3. The van der Waals surface area contributed by atoms with Gasteiger partial charge in [-0.2, -0.15) is 0 Å². The van der Waals surface area contributed by atoms with E-state index in [2.05, 4.69) is 11.0 Å². The van der Waals surface area contributed by atoms with Gasteiger partial charge in [-0.1, -0.05) is 48.0 Å². The Morgan fingerprint density at radius 1 is 0.970 bits per heavy atom. The molecule has 2 aromatic rings. The van der Waals surface area contributed by atoms with Crippen LogP contribution in [-0.4, -0.2) is 48.7 Å². The van der Waals surface area contributed by atoms with Crippen LogP contribution in [0.3, 0.4) is 0 Å². The minimum absolute atomic E-state index is 0.190. The van der Waals surface area contributed by atoms with E-state index in [1.807, 2.05) is 63.2 Å². The molecule has 0 atom stereocenters. The van der Waals surface area contributed by atoms with Crippen LogP contribution in [0.2, 0.25) is 5.02 Å². The first kappa shape index (κ1) is 24.9. The van der Waals surface area contributed by atoms with E-state index < -0.39 is 5.60 Å². The Labute approximate surface area is 201 Å². The minimum Gasteiger partial charge on any atom is -0.461 e. The highest BCUT2D eigenvalue weighted by Gasteiger charge is 2.26. The Bertz CT molecular complexity index is 935. The van der Waals surface area contributed by atoms with E-state index in [0.717, 1.165) is 23.2 Å². The van der Waals surface area contributed by atoms with Crippen molar-refractivity contribution in [1.82, 2.24) is 4.90 Å². The molecule has 0 aromatic heterocycles. The number of nitrogens with zero attached hydrogens (tertiary/aromatic N) is 2. The SMILES string of the molecule is CC(C)(C)OC(=O)N1CCN(c2ccc(CCCC(=O)OCc3ccccc3)cc2Cl)CC1. The summed E-state index contributed by atoms with van der Waals surface area (Å²) < 4.78 is 10.8. The molecule has 1 heterocycles. The number of ether oxygens (including phenoxy) is 2. The lowest BCUT2D eigenvalue weighted by molar-refractivity contribution is -0.145. The van der Waals surface area contributed by atoms with Crippen molar-refractivity contribution in [2.24, 2.45) is 0 Å². The lowest BCUT2D eigenvalue weighted by Crippen LogP contribution is -2.50. The van der Waals surface area contributed by atoms with Crippen molar-refractivity contribution in [3.05, 3.63) is 64.7 Å². The highest BCUT2D eigenvalue weighted by Crippen LogP contribution is 2.28. The number of rotatable bonds is 7. The van der Waals surface area contributed by atoms with Gasteiger partial charge >= 0.3 is 12.1 Å². The van der Waals surface area contributed by atoms with Crippen molar-refractivity contribution in [3.8, 4) is 0 Å². The summed E-state index contributed by atoms with van der Waals surface area (Å²) >= 11 is 6.57. The van der Waals surface area contributed by atoms with Crippen LogP contribution >= 0.6 is 11.6 Å². The number of hydrogen-bond donors (Lipinski definition) is 0. The molecule has 0 bridgehead atoms. The first-order chi connectivity index (χ1) is 15.7. The van der Waals surface area contributed by atoms with Gasteiger partial charge in [0, 0.05) is 32.6 Å². The molecular formula is C26H33ClN2O4. The lowest BCUT2D eigenvalue weighted by atomic mass is 10.1. The van der Waals surface area contributed by atoms with Crippen LogP contribution < -0.4 is 4.90 Å². The normalized spacial score (nSPS) is 14.2. The van der Waals surface area contributed by atoms with Crippen molar-refractivity contribution in [2.75, 3.05) is 31.1 Å². The van der Waals surface area contributed by atoms with Gasteiger partial charge in [-0.15, -0.1) is 0 Å². The van der Waals surface area contributed by atoms with Gasteiger partial charge in [-0.3, -0.25) is 4.79 Å². The fourth-order valence-electron chi connectivity index (χ4n) is 3.67. The number of benzene rings is 2. The number of carbonyl (C=O) groups is 2. The molecular weight excluding hydrogens is 440 g/mol. The van der Waals surface area contributed by atoms with Crippen molar-refractivity contribution in [1.29, 1.82) is 0 Å². The molecule has 2 aromatic carbocycles. The minimum atomic E-state index is -0.494. The molecule has 0 spiro atoms. The average molecular weight is 473 g/mol. The van der Waals surface area contributed by atoms with Crippen LogP contribution in [0.1, 0.15) is 44.7 Å². The second-order valence-corrected chi connectivity index (χ2v) is 9.65. The smallest absolute Gasteiger partial charge is 0.410 e. The molecule has 3 rings (SSSR count). The molecule has 1 fully saturated rings. The molecule has 0 radical (unpaired) electrons. The van der Waals surface area contributed by atoms with E-state index in [9.17, 15) is 9.59 Å². The Kier molecular flexibility index (Phi) is 8.61. The number of amides is 1. The summed E-state index contributed by atoms with van der Waals surface area (Å²) in [6, 6.07) is 15.7. The third-order valence-corrected chi connectivity index (χ3v) is 5.68. The largest absolute Gasteiger partial charge is 0.461 e. The molecule has 7 heteroatoms. The average Bonchev–Trinajstić information content (AvgIpc) is 2.77. The van der Waals surface area contributed by atoms with Crippen LogP contribution in [0.25, 0.3) is 0 Å². The van der Waals surface area contributed by atoms with Crippen LogP contribution in [0, 0.1) is 0 Å². The van der Waals surface area contributed by atoms with Gasteiger partial charge in [0.2, 0.25) is 0 Å². The van der Waals surface area contributed by atoms with Gasteiger partial charge in [-0.25, -0.2) is 4.79 Å². The third-order valence-electron chi connectivity index (χ3n) is 5.37. The van der Waals surface area contributed by atoms with E-state index in [1.165, 1.54) is 0 Å². The number of esters is 1. The van der Waals surface area contributed by atoms with Gasteiger partial charge in [-0.05, 0) is 56.9 Å².